The van der Waals surface area contributed by atoms with Gasteiger partial charge in [0.1, 0.15) is 0 Å². The molecule has 0 aromatic heterocycles. The van der Waals surface area contributed by atoms with Crippen molar-refractivity contribution in [2.45, 2.75) is 11.3 Å². The molecule has 0 saturated heterocycles. The largest absolute Gasteiger partial charge is 0.481 e. The molecule has 0 amide bonds. The standard InChI is InChI=1S/C8H7ClO4S/c9-14(12,13)7-3-1-6(2-4-7)5-8(10)11/h1-4H,5H2,(H,10,11). The number of rotatable bonds is 3. The molecule has 76 valence electrons. The van der Waals surface area contributed by atoms with E-state index in [0.717, 1.165) is 0 Å². The summed E-state index contributed by atoms with van der Waals surface area (Å²) in [5, 5.41) is 8.45. The second kappa shape index (κ2) is 3.98. The van der Waals surface area contributed by atoms with E-state index in [2.05, 4.69) is 0 Å². The number of hydrogen-bond donors (Lipinski definition) is 1. The molecule has 0 saturated carbocycles. The Hall–Kier alpha value is -1.07. The predicted octanol–water partition coefficient (Wildman–Crippen LogP) is 1.24. The van der Waals surface area contributed by atoms with E-state index in [9.17, 15) is 13.2 Å². The van der Waals surface area contributed by atoms with E-state index in [4.69, 9.17) is 15.8 Å². The Balaban J connectivity index is 2.95. The number of halogens is 1. The molecule has 0 radical (unpaired) electrons. The summed E-state index contributed by atoms with van der Waals surface area (Å²) in [7, 11) is 1.35. The summed E-state index contributed by atoms with van der Waals surface area (Å²) in [6.07, 6.45) is -0.136. The molecule has 0 fully saturated rings. The maximum absolute atomic E-state index is 10.8. The van der Waals surface area contributed by atoms with Gasteiger partial charge >= 0.3 is 5.97 Å². The molecule has 0 aliphatic rings. The summed E-state index contributed by atoms with van der Waals surface area (Å²) in [6.45, 7) is 0. The number of benzene rings is 1. The van der Waals surface area contributed by atoms with Crippen LogP contribution < -0.4 is 0 Å². The molecule has 0 spiro atoms. The number of carboxylic acid groups (broad SMARTS) is 1. The van der Waals surface area contributed by atoms with Crippen LogP contribution in [0.15, 0.2) is 29.2 Å². The maximum atomic E-state index is 10.8. The average molecular weight is 235 g/mol. The molecule has 1 aromatic rings. The van der Waals surface area contributed by atoms with Gasteiger partial charge in [0.2, 0.25) is 0 Å². The first kappa shape index (κ1) is 11.0. The van der Waals surface area contributed by atoms with Crippen LogP contribution in [-0.4, -0.2) is 19.5 Å². The van der Waals surface area contributed by atoms with Crippen molar-refractivity contribution in [3.63, 3.8) is 0 Å². The van der Waals surface area contributed by atoms with Crippen molar-refractivity contribution < 1.29 is 18.3 Å². The Morgan fingerprint density at radius 2 is 1.79 bits per heavy atom. The Morgan fingerprint density at radius 3 is 2.14 bits per heavy atom. The highest BCUT2D eigenvalue weighted by Crippen LogP contribution is 2.15. The third kappa shape index (κ3) is 3.01. The highest BCUT2D eigenvalue weighted by molar-refractivity contribution is 8.13. The van der Waals surface area contributed by atoms with Gasteiger partial charge in [-0.15, -0.1) is 0 Å². The number of carbonyl (C=O) groups is 1. The van der Waals surface area contributed by atoms with E-state index in [-0.39, 0.29) is 11.3 Å². The van der Waals surface area contributed by atoms with E-state index >= 15 is 0 Å². The average Bonchev–Trinajstić information content (AvgIpc) is 2.02. The van der Waals surface area contributed by atoms with Gasteiger partial charge in [-0.3, -0.25) is 4.79 Å². The summed E-state index contributed by atoms with van der Waals surface area (Å²) in [5.41, 5.74) is 0.529. The van der Waals surface area contributed by atoms with Gasteiger partial charge in [-0.2, -0.15) is 0 Å². The normalized spacial score (nSPS) is 11.2. The van der Waals surface area contributed by atoms with Gasteiger partial charge in [0.05, 0.1) is 11.3 Å². The van der Waals surface area contributed by atoms with Gasteiger partial charge in [0.25, 0.3) is 9.05 Å². The van der Waals surface area contributed by atoms with Crippen LogP contribution in [0.25, 0.3) is 0 Å². The van der Waals surface area contributed by atoms with Gasteiger partial charge in [-0.25, -0.2) is 8.42 Å². The molecule has 0 bridgehead atoms. The fourth-order valence-electron chi connectivity index (χ4n) is 0.944. The molecule has 1 aromatic carbocycles. The Labute approximate surface area is 85.5 Å². The molecule has 0 atom stereocenters. The minimum Gasteiger partial charge on any atom is -0.481 e. The molecule has 6 heteroatoms. The lowest BCUT2D eigenvalue weighted by Gasteiger charge is -1.98. The fourth-order valence-corrected chi connectivity index (χ4v) is 1.71. The quantitative estimate of drug-likeness (QED) is 0.799. The summed E-state index contributed by atoms with van der Waals surface area (Å²) < 4.78 is 21.6. The fraction of sp³-hybridized carbons (Fsp3) is 0.125. The van der Waals surface area contributed by atoms with Gasteiger partial charge in [-0.1, -0.05) is 12.1 Å². The van der Waals surface area contributed by atoms with E-state index in [0.29, 0.717) is 5.56 Å². The first-order chi connectivity index (χ1) is 6.39. The number of carboxylic acids is 1. The number of aliphatic carboxylic acids is 1. The lowest BCUT2D eigenvalue weighted by Crippen LogP contribution is -2.00. The van der Waals surface area contributed by atoms with Crippen molar-refractivity contribution in [2.75, 3.05) is 0 Å². The van der Waals surface area contributed by atoms with E-state index < -0.39 is 15.0 Å². The highest BCUT2D eigenvalue weighted by Gasteiger charge is 2.09. The lowest BCUT2D eigenvalue weighted by atomic mass is 10.2. The van der Waals surface area contributed by atoms with E-state index in [1.54, 1.807) is 0 Å². The van der Waals surface area contributed by atoms with Crippen LogP contribution in [0.1, 0.15) is 5.56 Å². The third-order valence-electron chi connectivity index (χ3n) is 1.56. The maximum Gasteiger partial charge on any atom is 0.307 e. The zero-order chi connectivity index (χ0) is 10.8. The molecule has 1 rings (SSSR count). The van der Waals surface area contributed by atoms with Gasteiger partial charge in [0.15, 0.2) is 0 Å². The van der Waals surface area contributed by atoms with Crippen LogP contribution in [0.3, 0.4) is 0 Å². The molecule has 0 unspecified atom stereocenters. The molecule has 1 N–H and O–H groups in total. The minimum atomic E-state index is -3.72. The number of hydrogen-bond acceptors (Lipinski definition) is 3. The second-order valence-corrected chi connectivity index (χ2v) is 5.22. The zero-order valence-corrected chi connectivity index (χ0v) is 8.55. The van der Waals surface area contributed by atoms with Crippen molar-refractivity contribution in [1.29, 1.82) is 0 Å². The van der Waals surface area contributed by atoms with Crippen molar-refractivity contribution in [1.82, 2.24) is 0 Å². The molecule has 4 nitrogen and oxygen atoms in total. The Morgan fingerprint density at radius 1 is 1.29 bits per heavy atom. The van der Waals surface area contributed by atoms with Crippen LogP contribution in [-0.2, 0) is 20.3 Å². The smallest absolute Gasteiger partial charge is 0.307 e. The van der Waals surface area contributed by atoms with Gasteiger partial charge in [0, 0.05) is 10.7 Å². The zero-order valence-electron chi connectivity index (χ0n) is 6.97. The first-order valence-electron chi connectivity index (χ1n) is 3.65. The van der Waals surface area contributed by atoms with Crippen LogP contribution in [0.2, 0.25) is 0 Å². The van der Waals surface area contributed by atoms with Crippen molar-refractivity contribution in [3.8, 4) is 0 Å². The lowest BCUT2D eigenvalue weighted by molar-refractivity contribution is -0.136. The Bertz CT molecular complexity index is 435. The van der Waals surface area contributed by atoms with Gasteiger partial charge in [-0.05, 0) is 17.7 Å². The summed E-state index contributed by atoms with van der Waals surface area (Å²) in [5.74, 6) is -0.966. The van der Waals surface area contributed by atoms with Crippen molar-refractivity contribution in [3.05, 3.63) is 29.8 Å². The minimum absolute atomic E-state index is 0.0340. The summed E-state index contributed by atoms with van der Waals surface area (Å²) in [6, 6.07) is 5.40. The van der Waals surface area contributed by atoms with Gasteiger partial charge < -0.3 is 5.11 Å². The van der Waals surface area contributed by atoms with Crippen LogP contribution in [0.4, 0.5) is 0 Å². The third-order valence-corrected chi connectivity index (χ3v) is 2.93. The Kier molecular flexibility index (Phi) is 3.13. The molecule has 0 aliphatic heterocycles. The molecule has 0 heterocycles. The second-order valence-electron chi connectivity index (χ2n) is 2.65. The molecular weight excluding hydrogens is 228 g/mol. The summed E-state index contributed by atoms with van der Waals surface area (Å²) >= 11 is 0. The highest BCUT2D eigenvalue weighted by atomic mass is 35.7. The van der Waals surface area contributed by atoms with E-state index in [1.165, 1.54) is 24.3 Å². The molecule has 0 aliphatic carbocycles. The molecule has 14 heavy (non-hydrogen) atoms. The van der Waals surface area contributed by atoms with Crippen molar-refractivity contribution >= 4 is 25.7 Å². The van der Waals surface area contributed by atoms with Crippen LogP contribution in [0, 0.1) is 0 Å². The topological polar surface area (TPSA) is 71.4 Å². The van der Waals surface area contributed by atoms with Crippen LogP contribution in [0.5, 0.6) is 0 Å². The van der Waals surface area contributed by atoms with Crippen LogP contribution >= 0.6 is 10.7 Å². The monoisotopic (exact) mass is 234 g/mol. The summed E-state index contributed by atoms with van der Waals surface area (Å²) in [4.78, 5) is 10.3. The van der Waals surface area contributed by atoms with Crippen molar-refractivity contribution in [2.24, 2.45) is 0 Å². The van der Waals surface area contributed by atoms with E-state index in [1.807, 2.05) is 0 Å². The SMILES string of the molecule is O=C(O)Cc1ccc(S(=O)(=O)Cl)cc1. The molecular formula is C8H7ClO4S. The predicted molar refractivity (Wildman–Crippen MR) is 50.8 cm³/mol. The first-order valence-corrected chi connectivity index (χ1v) is 5.96.